The molecule has 0 saturated carbocycles. The predicted octanol–water partition coefficient (Wildman–Crippen LogP) is 3.73. The molecule has 126 valence electrons. The third-order valence-corrected chi connectivity index (χ3v) is 4.63. The van der Waals surface area contributed by atoms with Crippen molar-refractivity contribution in [2.75, 3.05) is 6.61 Å². The highest BCUT2D eigenvalue weighted by Crippen LogP contribution is 2.32. The summed E-state index contributed by atoms with van der Waals surface area (Å²) in [4.78, 5) is 12.6. The molecule has 0 aromatic heterocycles. The number of nitrogens with one attached hydrogen (secondary N) is 1. The number of rotatable bonds is 4. The summed E-state index contributed by atoms with van der Waals surface area (Å²) in [5, 5.41) is 3.55. The SMILES string of the molecule is O=C(c1ccc(OCC(F)(F)F)cc1)C1CC2CCCC(C1)N2. The monoisotopic (exact) mass is 327 g/mol. The normalized spacial score (nSPS) is 27.5. The molecule has 2 saturated heterocycles. The molecule has 2 bridgehead atoms. The maximum atomic E-state index is 12.6. The number of hydrogen-bond donors (Lipinski definition) is 1. The molecule has 1 aromatic carbocycles. The Kier molecular flexibility index (Phi) is 4.62. The Balaban J connectivity index is 1.61. The van der Waals surface area contributed by atoms with Crippen molar-refractivity contribution in [3.05, 3.63) is 29.8 Å². The molecule has 0 radical (unpaired) electrons. The molecule has 1 aromatic rings. The van der Waals surface area contributed by atoms with Crippen LogP contribution in [0.4, 0.5) is 13.2 Å². The highest BCUT2D eigenvalue weighted by Gasteiger charge is 2.35. The Bertz CT molecular complexity index is 544. The maximum Gasteiger partial charge on any atom is 0.422 e. The van der Waals surface area contributed by atoms with E-state index in [0.717, 1.165) is 25.7 Å². The van der Waals surface area contributed by atoms with Crippen LogP contribution >= 0.6 is 0 Å². The lowest BCUT2D eigenvalue weighted by Gasteiger charge is -2.39. The first-order valence-corrected chi connectivity index (χ1v) is 8.00. The molecular weight excluding hydrogens is 307 g/mol. The molecule has 6 heteroatoms. The van der Waals surface area contributed by atoms with Gasteiger partial charge in [-0.1, -0.05) is 6.42 Å². The Hall–Kier alpha value is -1.56. The summed E-state index contributed by atoms with van der Waals surface area (Å²) in [6.07, 6.45) is 0.786. The summed E-state index contributed by atoms with van der Waals surface area (Å²) >= 11 is 0. The molecule has 2 fully saturated rings. The van der Waals surface area contributed by atoms with Crippen LogP contribution in [0.25, 0.3) is 0 Å². The lowest BCUT2D eigenvalue weighted by molar-refractivity contribution is -0.153. The van der Waals surface area contributed by atoms with Crippen LogP contribution in [0.5, 0.6) is 5.75 Å². The average Bonchev–Trinajstić information content (AvgIpc) is 2.51. The number of alkyl halides is 3. The minimum Gasteiger partial charge on any atom is -0.484 e. The molecule has 3 nitrogen and oxygen atoms in total. The molecule has 2 unspecified atom stereocenters. The Morgan fingerprint density at radius 1 is 1.13 bits per heavy atom. The Labute approximate surface area is 133 Å². The molecule has 2 heterocycles. The summed E-state index contributed by atoms with van der Waals surface area (Å²) in [5.41, 5.74) is 0.550. The van der Waals surface area contributed by atoms with Crippen LogP contribution in [0.2, 0.25) is 0 Å². The van der Waals surface area contributed by atoms with Gasteiger partial charge in [-0.15, -0.1) is 0 Å². The molecule has 3 rings (SSSR count). The molecule has 2 atom stereocenters. The third-order valence-electron chi connectivity index (χ3n) is 4.63. The summed E-state index contributed by atoms with van der Waals surface area (Å²) in [7, 11) is 0. The van der Waals surface area contributed by atoms with Crippen molar-refractivity contribution in [3.8, 4) is 5.75 Å². The van der Waals surface area contributed by atoms with E-state index in [-0.39, 0.29) is 17.5 Å². The number of hydrogen-bond acceptors (Lipinski definition) is 3. The molecule has 23 heavy (non-hydrogen) atoms. The molecule has 1 N–H and O–H groups in total. The van der Waals surface area contributed by atoms with Crippen LogP contribution in [0, 0.1) is 5.92 Å². The van der Waals surface area contributed by atoms with E-state index in [9.17, 15) is 18.0 Å². The number of halogens is 3. The first-order chi connectivity index (χ1) is 10.9. The number of benzene rings is 1. The van der Waals surface area contributed by atoms with Gasteiger partial charge in [0.2, 0.25) is 0 Å². The number of carbonyl (C=O) groups is 1. The fourth-order valence-corrected chi connectivity index (χ4v) is 3.60. The molecule has 0 aliphatic carbocycles. The smallest absolute Gasteiger partial charge is 0.422 e. The highest BCUT2D eigenvalue weighted by atomic mass is 19.4. The second kappa shape index (κ2) is 6.51. The fraction of sp³-hybridized carbons (Fsp3) is 0.588. The van der Waals surface area contributed by atoms with Crippen LogP contribution in [0.15, 0.2) is 24.3 Å². The molecule has 2 aliphatic rings. The minimum atomic E-state index is -4.36. The second-order valence-corrected chi connectivity index (χ2v) is 6.45. The fourth-order valence-electron chi connectivity index (χ4n) is 3.60. The van der Waals surface area contributed by atoms with Crippen LogP contribution in [0.3, 0.4) is 0 Å². The molecule has 0 spiro atoms. The number of fused-ring (bicyclic) bond motifs is 2. The van der Waals surface area contributed by atoms with E-state index in [0.29, 0.717) is 17.6 Å². The zero-order chi connectivity index (χ0) is 16.4. The van der Waals surface area contributed by atoms with Crippen molar-refractivity contribution in [3.63, 3.8) is 0 Å². The summed E-state index contributed by atoms with van der Waals surface area (Å²) in [6.45, 7) is -1.32. The molecule has 2 aliphatic heterocycles. The second-order valence-electron chi connectivity index (χ2n) is 6.45. The topological polar surface area (TPSA) is 38.3 Å². The van der Waals surface area contributed by atoms with Gasteiger partial charge in [0.15, 0.2) is 12.4 Å². The number of ketones is 1. The van der Waals surface area contributed by atoms with E-state index >= 15 is 0 Å². The standard InChI is InChI=1S/C17H20F3NO2/c18-17(19,20)10-23-15-6-4-11(5-7-15)16(22)12-8-13-2-1-3-14(9-12)21-13/h4-7,12-14,21H,1-3,8-10H2. The number of ether oxygens (including phenoxy) is 1. The van der Waals surface area contributed by atoms with E-state index in [1.165, 1.54) is 18.6 Å². The first kappa shape index (κ1) is 16.3. The Morgan fingerprint density at radius 3 is 2.30 bits per heavy atom. The number of piperidine rings is 2. The molecular formula is C17H20F3NO2. The van der Waals surface area contributed by atoms with Gasteiger partial charge < -0.3 is 10.1 Å². The lowest BCUT2D eigenvalue weighted by Crippen LogP contribution is -2.50. The van der Waals surface area contributed by atoms with Gasteiger partial charge in [-0.2, -0.15) is 13.2 Å². The van der Waals surface area contributed by atoms with Gasteiger partial charge >= 0.3 is 6.18 Å². The largest absolute Gasteiger partial charge is 0.484 e. The third kappa shape index (κ3) is 4.25. The first-order valence-electron chi connectivity index (χ1n) is 8.00. The quantitative estimate of drug-likeness (QED) is 0.857. The van der Waals surface area contributed by atoms with Crippen LogP contribution < -0.4 is 10.1 Å². The van der Waals surface area contributed by atoms with Crippen molar-refractivity contribution < 1.29 is 22.7 Å². The van der Waals surface area contributed by atoms with Crippen molar-refractivity contribution in [2.45, 2.75) is 50.4 Å². The average molecular weight is 327 g/mol. The van der Waals surface area contributed by atoms with Gasteiger partial charge in [0, 0.05) is 23.6 Å². The number of Topliss-reactive ketones (excluding diaryl/α,β-unsaturated/α-hetero) is 1. The van der Waals surface area contributed by atoms with Crippen molar-refractivity contribution in [1.29, 1.82) is 0 Å². The van der Waals surface area contributed by atoms with E-state index in [1.54, 1.807) is 12.1 Å². The highest BCUT2D eigenvalue weighted by molar-refractivity contribution is 5.98. The lowest BCUT2D eigenvalue weighted by atomic mass is 9.77. The van der Waals surface area contributed by atoms with Crippen molar-refractivity contribution in [2.24, 2.45) is 5.92 Å². The van der Waals surface area contributed by atoms with Gasteiger partial charge in [-0.05, 0) is 49.9 Å². The maximum absolute atomic E-state index is 12.6. The van der Waals surface area contributed by atoms with Crippen molar-refractivity contribution in [1.82, 2.24) is 5.32 Å². The van der Waals surface area contributed by atoms with Gasteiger partial charge in [0.25, 0.3) is 0 Å². The van der Waals surface area contributed by atoms with E-state index < -0.39 is 12.8 Å². The van der Waals surface area contributed by atoms with Gasteiger partial charge in [0.1, 0.15) is 5.75 Å². The summed E-state index contributed by atoms with van der Waals surface area (Å²) in [5.74, 6) is 0.223. The Morgan fingerprint density at radius 2 is 1.74 bits per heavy atom. The van der Waals surface area contributed by atoms with E-state index in [1.807, 2.05) is 0 Å². The van der Waals surface area contributed by atoms with Gasteiger partial charge in [-0.25, -0.2) is 0 Å². The van der Waals surface area contributed by atoms with Crippen LogP contribution in [-0.4, -0.2) is 30.7 Å². The zero-order valence-corrected chi connectivity index (χ0v) is 12.7. The van der Waals surface area contributed by atoms with Gasteiger partial charge in [0.05, 0.1) is 0 Å². The van der Waals surface area contributed by atoms with E-state index in [2.05, 4.69) is 10.1 Å². The minimum absolute atomic E-state index is 0.00786. The van der Waals surface area contributed by atoms with E-state index in [4.69, 9.17) is 0 Å². The predicted molar refractivity (Wildman–Crippen MR) is 79.6 cm³/mol. The zero-order valence-electron chi connectivity index (χ0n) is 12.7. The summed E-state index contributed by atoms with van der Waals surface area (Å²) < 4.78 is 41.0. The summed E-state index contributed by atoms with van der Waals surface area (Å²) in [6, 6.07) is 6.83. The van der Waals surface area contributed by atoms with Crippen molar-refractivity contribution >= 4 is 5.78 Å². The van der Waals surface area contributed by atoms with Crippen LogP contribution in [0.1, 0.15) is 42.5 Å². The van der Waals surface area contributed by atoms with Gasteiger partial charge in [-0.3, -0.25) is 4.79 Å². The number of carbonyl (C=O) groups excluding carboxylic acids is 1. The molecule has 0 amide bonds. The van der Waals surface area contributed by atoms with Crippen LogP contribution in [-0.2, 0) is 0 Å².